The zero-order valence-corrected chi connectivity index (χ0v) is 12.0. The van der Waals surface area contributed by atoms with Gasteiger partial charge in [0.2, 0.25) is 0 Å². The van der Waals surface area contributed by atoms with Crippen molar-refractivity contribution in [1.82, 2.24) is 5.32 Å². The van der Waals surface area contributed by atoms with Crippen LogP contribution in [-0.4, -0.2) is 6.54 Å². The van der Waals surface area contributed by atoms with Crippen molar-refractivity contribution in [2.24, 2.45) is 5.92 Å². The molecule has 1 aromatic heterocycles. The molecule has 0 aromatic carbocycles. The molecule has 0 radical (unpaired) electrons. The summed E-state index contributed by atoms with van der Waals surface area (Å²) >= 11 is 3.54. The highest BCUT2D eigenvalue weighted by Gasteiger charge is 2.19. The molecule has 2 unspecified atom stereocenters. The zero-order chi connectivity index (χ0) is 12.0. The molecule has 2 nitrogen and oxygen atoms in total. The van der Waals surface area contributed by atoms with Crippen LogP contribution in [0.4, 0.5) is 0 Å². The standard InChI is InChI=1S/C13H22BrNO/c1-4-7-15-12(9-10(3)5-2)13-11(14)6-8-16-13/h6,8,10,12,15H,4-5,7,9H2,1-3H3. The summed E-state index contributed by atoms with van der Waals surface area (Å²) in [5.74, 6) is 1.75. The van der Waals surface area contributed by atoms with Crippen LogP contribution >= 0.6 is 15.9 Å². The summed E-state index contributed by atoms with van der Waals surface area (Å²) in [6.45, 7) is 7.74. The Hall–Kier alpha value is -0.280. The molecule has 0 amide bonds. The monoisotopic (exact) mass is 287 g/mol. The molecule has 3 heteroatoms. The van der Waals surface area contributed by atoms with E-state index < -0.39 is 0 Å². The lowest BCUT2D eigenvalue weighted by Crippen LogP contribution is -2.23. The first-order valence-corrected chi connectivity index (χ1v) is 6.94. The van der Waals surface area contributed by atoms with Gasteiger partial charge >= 0.3 is 0 Å². The van der Waals surface area contributed by atoms with Crippen LogP contribution in [-0.2, 0) is 0 Å². The van der Waals surface area contributed by atoms with Crippen molar-refractivity contribution in [3.05, 3.63) is 22.6 Å². The summed E-state index contributed by atoms with van der Waals surface area (Å²) in [6, 6.07) is 2.30. The van der Waals surface area contributed by atoms with Crippen molar-refractivity contribution in [3.63, 3.8) is 0 Å². The van der Waals surface area contributed by atoms with Crippen molar-refractivity contribution in [3.8, 4) is 0 Å². The van der Waals surface area contributed by atoms with Crippen molar-refractivity contribution < 1.29 is 4.42 Å². The summed E-state index contributed by atoms with van der Waals surface area (Å²) in [7, 11) is 0. The fourth-order valence-electron chi connectivity index (χ4n) is 1.72. The van der Waals surface area contributed by atoms with Gasteiger partial charge in [-0.05, 0) is 47.3 Å². The van der Waals surface area contributed by atoms with E-state index in [0.717, 1.165) is 29.6 Å². The average Bonchev–Trinajstić information content (AvgIpc) is 2.70. The molecule has 16 heavy (non-hydrogen) atoms. The third kappa shape index (κ3) is 3.95. The first-order valence-electron chi connectivity index (χ1n) is 6.15. The second kappa shape index (κ2) is 7.13. The van der Waals surface area contributed by atoms with Crippen LogP contribution in [0.2, 0.25) is 0 Å². The minimum Gasteiger partial charge on any atom is -0.466 e. The molecule has 1 rings (SSSR count). The van der Waals surface area contributed by atoms with Crippen molar-refractivity contribution in [2.45, 2.75) is 46.1 Å². The Balaban J connectivity index is 2.67. The fraction of sp³-hybridized carbons (Fsp3) is 0.692. The van der Waals surface area contributed by atoms with Gasteiger partial charge in [-0.15, -0.1) is 0 Å². The van der Waals surface area contributed by atoms with Crippen LogP contribution in [0.3, 0.4) is 0 Å². The zero-order valence-electron chi connectivity index (χ0n) is 10.4. The molecular formula is C13H22BrNO. The van der Waals surface area contributed by atoms with Gasteiger partial charge in [0.25, 0.3) is 0 Å². The normalized spacial score (nSPS) is 15.0. The lowest BCUT2D eigenvalue weighted by molar-refractivity contribution is 0.345. The highest BCUT2D eigenvalue weighted by Crippen LogP contribution is 2.29. The topological polar surface area (TPSA) is 25.2 Å². The Labute approximate surface area is 107 Å². The lowest BCUT2D eigenvalue weighted by atomic mass is 9.98. The van der Waals surface area contributed by atoms with E-state index in [9.17, 15) is 0 Å². The molecule has 2 atom stereocenters. The van der Waals surface area contributed by atoms with Gasteiger partial charge in [0.15, 0.2) is 0 Å². The van der Waals surface area contributed by atoms with Crippen LogP contribution in [0, 0.1) is 5.92 Å². The van der Waals surface area contributed by atoms with Crippen molar-refractivity contribution in [1.29, 1.82) is 0 Å². The maximum Gasteiger partial charge on any atom is 0.134 e. The van der Waals surface area contributed by atoms with Gasteiger partial charge in [0.05, 0.1) is 16.8 Å². The van der Waals surface area contributed by atoms with E-state index in [4.69, 9.17) is 4.42 Å². The van der Waals surface area contributed by atoms with Gasteiger partial charge in [0.1, 0.15) is 5.76 Å². The smallest absolute Gasteiger partial charge is 0.134 e. The molecule has 0 spiro atoms. The van der Waals surface area contributed by atoms with Gasteiger partial charge in [-0.25, -0.2) is 0 Å². The Bertz CT molecular complexity index is 298. The highest BCUT2D eigenvalue weighted by molar-refractivity contribution is 9.10. The third-order valence-electron chi connectivity index (χ3n) is 2.94. The number of nitrogens with one attached hydrogen (secondary N) is 1. The van der Waals surface area contributed by atoms with E-state index in [-0.39, 0.29) is 0 Å². The number of rotatable bonds is 7. The van der Waals surface area contributed by atoms with E-state index >= 15 is 0 Å². The number of halogens is 1. The number of furan rings is 1. The van der Waals surface area contributed by atoms with E-state index in [1.54, 1.807) is 6.26 Å². The summed E-state index contributed by atoms with van der Waals surface area (Å²) in [6.07, 6.45) is 5.23. The Kier molecular flexibility index (Phi) is 6.14. The van der Waals surface area contributed by atoms with Gasteiger partial charge in [-0.1, -0.05) is 27.2 Å². The first-order chi connectivity index (χ1) is 7.69. The summed E-state index contributed by atoms with van der Waals surface area (Å²) in [5.41, 5.74) is 0. The van der Waals surface area contributed by atoms with E-state index in [1.807, 2.05) is 6.07 Å². The Morgan fingerprint density at radius 2 is 2.19 bits per heavy atom. The van der Waals surface area contributed by atoms with Crippen LogP contribution < -0.4 is 5.32 Å². The molecule has 1 heterocycles. The van der Waals surface area contributed by atoms with Gasteiger partial charge in [0, 0.05) is 0 Å². The van der Waals surface area contributed by atoms with Crippen molar-refractivity contribution >= 4 is 15.9 Å². The van der Waals surface area contributed by atoms with Crippen LogP contribution in [0.5, 0.6) is 0 Å². The Morgan fingerprint density at radius 1 is 1.44 bits per heavy atom. The highest BCUT2D eigenvalue weighted by atomic mass is 79.9. The fourth-order valence-corrected chi connectivity index (χ4v) is 2.20. The maximum absolute atomic E-state index is 5.56. The molecule has 0 aliphatic heterocycles. The molecule has 0 saturated carbocycles. The molecule has 92 valence electrons. The van der Waals surface area contributed by atoms with Gasteiger partial charge in [-0.3, -0.25) is 0 Å². The second-order valence-electron chi connectivity index (χ2n) is 4.39. The molecule has 1 aromatic rings. The van der Waals surface area contributed by atoms with E-state index in [0.29, 0.717) is 12.0 Å². The van der Waals surface area contributed by atoms with Crippen LogP contribution in [0.15, 0.2) is 21.2 Å². The summed E-state index contributed by atoms with van der Waals surface area (Å²) in [5, 5.41) is 3.55. The summed E-state index contributed by atoms with van der Waals surface area (Å²) < 4.78 is 6.63. The minimum absolute atomic E-state index is 0.333. The van der Waals surface area contributed by atoms with Gasteiger partial charge < -0.3 is 9.73 Å². The lowest BCUT2D eigenvalue weighted by Gasteiger charge is -2.20. The minimum atomic E-state index is 0.333. The van der Waals surface area contributed by atoms with Crippen LogP contribution in [0.25, 0.3) is 0 Å². The molecule has 0 fully saturated rings. The first kappa shape index (κ1) is 13.8. The molecule has 0 bridgehead atoms. The quantitative estimate of drug-likeness (QED) is 0.798. The molecule has 0 aliphatic rings. The average molecular weight is 288 g/mol. The molecule has 1 N–H and O–H groups in total. The third-order valence-corrected chi connectivity index (χ3v) is 3.59. The molecular weight excluding hydrogens is 266 g/mol. The summed E-state index contributed by atoms with van der Waals surface area (Å²) in [4.78, 5) is 0. The number of hydrogen-bond donors (Lipinski definition) is 1. The maximum atomic E-state index is 5.56. The molecule has 0 saturated heterocycles. The largest absolute Gasteiger partial charge is 0.466 e. The SMILES string of the molecule is CCCNC(CC(C)CC)c1occc1Br. The second-order valence-corrected chi connectivity index (χ2v) is 5.24. The van der Waals surface area contributed by atoms with Crippen LogP contribution in [0.1, 0.15) is 51.8 Å². The van der Waals surface area contributed by atoms with Crippen molar-refractivity contribution in [2.75, 3.05) is 6.54 Å². The van der Waals surface area contributed by atoms with E-state index in [2.05, 4.69) is 42.0 Å². The predicted molar refractivity (Wildman–Crippen MR) is 71.5 cm³/mol. The van der Waals surface area contributed by atoms with E-state index in [1.165, 1.54) is 6.42 Å². The Morgan fingerprint density at radius 3 is 2.69 bits per heavy atom. The predicted octanol–water partition coefficient (Wildman–Crippen LogP) is 4.52. The molecule has 0 aliphatic carbocycles. The number of hydrogen-bond acceptors (Lipinski definition) is 2. The van der Waals surface area contributed by atoms with Gasteiger partial charge in [-0.2, -0.15) is 0 Å².